The van der Waals surface area contributed by atoms with Gasteiger partial charge in [-0.3, -0.25) is 9.48 Å². The Morgan fingerprint density at radius 1 is 1.46 bits per heavy atom. The van der Waals surface area contributed by atoms with Crippen molar-refractivity contribution in [2.75, 3.05) is 6.61 Å². The van der Waals surface area contributed by atoms with E-state index >= 15 is 0 Å². The molecule has 1 atom stereocenters. The molecule has 0 fully saturated rings. The maximum Gasteiger partial charge on any atom is 0.422 e. The number of amides is 1. The van der Waals surface area contributed by atoms with E-state index in [9.17, 15) is 18.0 Å². The van der Waals surface area contributed by atoms with Crippen molar-refractivity contribution in [2.45, 2.75) is 31.5 Å². The van der Waals surface area contributed by atoms with Gasteiger partial charge in [-0.2, -0.15) is 18.3 Å². The maximum absolute atomic E-state index is 12.5. The van der Waals surface area contributed by atoms with E-state index in [0.717, 1.165) is 36.7 Å². The second-order valence-corrected chi connectivity index (χ2v) is 6.41. The SMILES string of the molecule is Cn1ncc2c1CCCC2NC(=O)c1cnc(OCC(F)(F)F)c(Cl)c1. The van der Waals surface area contributed by atoms with Crippen molar-refractivity contribution >= 4 is 17.5 Å². The number of nitrogens with one attached hydrogen (secondary N) is 1. The zero-order chi connectivity index (χ0) is 18.9. The first kappa shape index (κ1) is 18.5. The summed E-state index contributed by atoms with van der Waals surface area (Å²) in [4.78, 5) is 16.2. The predicted octanol–water partition coefficient (Wildman–Crippen LogP) is 3.22. The maximum atomic E-state index is 12.5. The first-order valence-electron chi connectivity index (χ1n) is 7.91. The number of alkyl halides is 3. The number of fused-ring (bicyclic) bond motifs is 1. The molecule has 0 saturated heterocycles. The first-order valence-corrected chi connectivity index (χ1v) is 8.29. The summed E-state index contributed by atoms with van der Waals surface area (Å²) in [6, 6.07) is 1.06. The average molecular weight is 389 g/mol. The molecule has 0 aromatic carbocycles. The van der Waals surface area contributed by atoms with Crippen LogP contribution in [0.1, 0.15) is 40.5 Å². The summed E-state index contributed by atoms with van der Waals surface area (Å²) < 4.78 is 42.9. The molecule has 10 heteroatoms. The van der Waals surface area contributed by atoms with Crippen LogP contribution in [0.5, 0.6) is 5.88 Å². The van der Waals surface area contributed by atoms with Crippen molar-refractivity contribution < 1.29 is 22.7 Å². The fourth-order valence-corrected chi connectivity index (χ4v) is 3.12. The lowest BCUT2D eigenvalue weighted by Gasteiger charge is -2.23. The average Bonchev–Trinajstić information content (AvgIpc) is 2.95. The van der Waals surface area contributed by atoms with Crippen LogP contribution in [0.25, 0.3) is 0 Å². The monoisotopic (exact) mass is 388 g/mol. The quantitative estimate of drug-likeness (QED) is 0.873. The van der Waals surface area contributed by atoms with Gasteiger partial charge in [0.05, 0.1) is 17.8 Å². The molecule has 140 valence electrons. The van der Waals surface area contributed by atoms with Crippen LogP contribution < -0.4 is 10.1 Å². The molecular formula is C16H16ClF3N4O2. The summed E-state index contributed by atoms with van der Waals surface area (Å²) in [5.41, 5.74) is 2.19. The van der Waals surface area contributed by atoms with Gasteiger partial charge in [-0.1, -0.05) is 11.6 Å². The van der Waals surface area contributed by atoms with E-state index in [0.29, 0.717) is 0 Å². The smallest absolute Gasteiger partial charge is 0.422 e. The third-order valence-corrected chi connectivity index (χ3v) is 4.39. The van der Waals surface area contributed by atoms with Crippen molar-refractivity contribution in [2.24, 2.45) is 7.05 Å². The Balaban J connectivity index is 1.70. The van der Waals surface area contributed by atoms with E-state index in [4.69, 9.17) is 11.6 Å². The molecule has 0 bridgehead atoms. The highest BCUT2D eigenvalue weighted by Crippen LogP contribution is 2.30. The van der Waals surface area contributed by atoms with Gasteiger partial charge in [-0.15, -0.1) is 0 Å². The number of nitrogens with zero attached hydrogens (tertiary/aromatic N) is 3. The van der Waals surface area contributed by atoms with Crippen LogP contribution in [0.15, 0.2) is 18.5 Å². The first-order chi connectivity index (χ1) is 12.2. The number of halogens is 4. The molecule has 2 aromatic rings. The zero-order valence-electron chi connectivity index (χ0n) is 13.8. The molecule has 2 heterocycles. The summed E-state index contributed by atoms with van der Waals surface area (Å²) >= 11 is 5.88. The summed E-state index contributed by atoms with van der Waals surface area (Å²) in [5.74, 6) is -0.781. The van der Waals surface area contributed by atoms with Crippen LogP contribution in [0.3, 0.4) is 0 Å². The van der Waals surface area contributed by atoms with E-state index in [1.165, 1.54) is 6.07 Å². The number of rotatable bonds is 4. The molecule has 1 aliphatic carbocycles. The van der Waals surface area contributed by atoms with Gasteiger partial charge in [0.2, 0.25) is 5.88 Å². The van der Waals surface area contributed by atoms with Gasteiger partial charge in [-0.05, 0) is 25.3 Å². The third kappa shape index (κ3) is 4.09. The molecular weight excluding hydrogens is 373 g/mol. The number of ether oxygens (including phenoxy) is 1. The van der Waals surface area contributed by atoms with Gasteiger partial charge < -0.3 is 10.1 Å². The van der Waals surface area contributed by atoms with Crippen LogP contribution in [-0.4, -0.2) is 33.5 Å². The summed E-state index contributed by atoms with van der Waals surface area (Å²) in [6.07, 6.45) is 0.970. The predicted molar refractivity (Wildman–Crippen MR) is 87.2 cm³/mol. The second-order valence-electron chi connectivity index (χ2n) is 6.00. The van der Waals surface area contributed by atoms with Crippen molar-refractivity contribution in [3.8, 4) is 5.88 Å². The van der Waals surface area contributed by atoms with Crippen LogP contribution in [0.4, 0.5) is 13.2 Å². The molecule has 0 spiro atoms. The van der Waals surface area contributed by atoms with Gasteiger partial charge in [-0.25, -0.2) is 4.98 Å². The minimum Gasteiger partial charge on any atom is -0.467 e. The Bertz CT molecular complexity index is 822. The molecule has 0 saturated carbocycles. The number of carbonyl (C=O) groups is 1. The molecule has 0 aliphatic heterocycles. The molecule has 1 N–H and O–H groups in total. The van der Waals surface area contributed by atoms with Crippen LogP contribution in [-0.2, 0) is 13.5 Å². The Hall–Kier alpha value is -2.29. The van der Waals surface area contributed by atoms with Gasteiger partial charge in [0.1, 0.15) is 5.02 Å². The normalized spacial score (nSPS) is 16.9. The van der Waals surface area contributed by atoms with Crippen LogP contribution in [0, 0.1) is 0 Å². The lowest BCUT2D eigenvalue weighted by atomic mass is 9.93. The van der Waals surface area contributed by atoms with E-state index in [1.807, 2.05) is 7.05 Å². The fourth-order valence-electron chi connectivity index (χ4n) is 2.90. The lowest BCUT2D eigenvalue weighted by molar-refractivity contribution is -0.154. The van der Waals surface area contributed by atoms with E-state index in [2.05, 4.69) is 20.1 Å². The van der Waals surface area contributed by atoms with Crippen molar-refractivity contribution in [3.63, 3.8) is 0 Å². The molecule has 2 aromatic heterocycles. The third-order valence-electron chi connectivity index (χ3n) is 4.12. The van der Waals surface area contributed by atoms with E-state index in [-0.39, 0.29) is 22.5 Å². The fraction of sp³-hybridized carbons (Fsp3) is 0.438. The highest BCUT2D eigenvalue weighted by atomic mass is 35.5. The van der Waals surface area contributed by atoms with E-state index in [1.54, 1.807) is 10.9 Å². The highest BCUT2D eigenvalue weighted by Gasteiger charge is 2.29. The Kier molecular flexibility index (Phi) is 5.08. The molecule has 1 unspecified atom stereocenters. The molecule has 3 rings (SSSR count). The topological polar surface area (TPSA) is 69.0 Å². The summed E-state index contributed by atoms with van der Waals surface area (Å²) in [6.45, 7) is -1.50. The second kappa shape index (κ2) is 7.14. The minimum absolute atomic E-state index is 0.144. The molecule has 26 heavy (non-hydrogen) atoms. The Labute approximate surface area is 152 Å². The van der Waals surface area contributed by atoms with Gasteiger partial charge in [0.15, 0.2) is 6.61 Å². The summed E-state index contributed by atoms with van der Waals surface area (Å²) in [7, 11) is 1.85. The minimum atomic E-state index is -4.50. The lowest BCUT2D eigenvalue weighted by Crippen LogP contribution is -2.31. The number of hydrogen-bond acceptors (Lipinski definition) is 4. The number of hydrogen-bond donors (Lipinski definition) is 1. The molecule has 6 nitrogen and oxygen atoms in total. The number of aryl methyl sites for hydroxylation is 1. The van der Waals surface area contributed by atoms with Crippen molar-refractivity contribution in [1.29, 1.82) is 0 Å². The van der Waals surface area contributed by atoms with Crippen molar-refractivity contribution in [1.82, 2.24) is 20.1 Å². The molecule has 0 radical (unpaired) electrons. The van der Waals surface area contributed by atoms with Crippen LogP contribution in [0.2, 0.25) is 5.02 Å². The van der Waals surface area contributed by atoms with Gasteiger partial charge >= 0.3 is 6.18 Å². The Morgan fingerprint density at radius 2 is 2.23 bits per heavy atom. The van der Waals surface area contributed by atoms with E-state index < -0.39 is 18.7 Å². The van der Waals surface area contributed by atoms with Crippen molar-refractivity contribution in [3.05, 3.63) is 40.3 Å². The van der Waals surface area contributed by atoms with Crippen LogP contribution >= 0.6 is 11.6 Å². The standard InChI is InChI=1S/C16H16ClF3N4O2/c1-24-13-4-2-3-12(10(13)7-22-24)23-14(25)9-5-11(17)15(21-6-9)26-8-16(18,19)20/h5-7,12H,2-4,8H2,1H3,(H,23,25). The zero-order valence-corrected chi connectivity index (χ0v) is 14.6. The molecule has 1 aliphatic rings. The molecule has 1 amide bonds. The number of pyridine rings is 1. The number of aromatic nitrogens is 3. The Morgan fingerprint density at radius 3 is 2.92 bits per heavy atom. The highest BCUT2D eigenvalue weighted by molar-refractivity contribution is 6.32. The largest absolute Gasteiger partial charge is 0.467 e. The van der Waals surface area contributed by atoms with Gasteiger partial charge in [0, 0.05) is 24.5 Å². The summed E-state index contributed by atoms with van der Waals surface area (Å²) in [5, 5.41) is 6.95. The number of carbonyl (C=O) groups excluding carboxylic acids is 1. The van der Waals surface area contributed by atoms with Gasteiger partial charge in [0.25, 0.3) is 5.91 Å².